The molecular weight excluding hydrogens is 406 g/mol. The summed E-state index contributed by atoms with van der Waals surface area (Å²) in [6.45, 7) is 3.87. The van der Waals surface area contributed by atoms with E-state index in [1.54, 1.807) is 23.7 Å². The van der Waals surface area contributed by atoms with E-state index < -0.39 is 17.2 Å². The quantitative estimate of drug-likeness (QED) is 0.621. The van der Waals surface area contributed by atoms with E-state index in [1.807, 2.05) is 12.1 Å². The number of carbonyl (C=O) groups excluding carboxylic acids is 1. The molecular formula is C21H26ClN5O3. The van der Waals surface area contributed by atoms with E-state index in [9.17, 15) is 14.4 Å². The molecule has 3 aromatic rings. The van der Waals surface area contributed by atoms with Gasteiger partial charge in [-0.25, -0.2) is 14.3 Å². The van der Waals surface area contributed by atoms with Gasteiger partial charge >= 0.3 is 5.69 Å². The topological polar surface area (TPSA) is 90.9 Å². The molecule has 0 saturated heterocycles. The molecule has 0 spiro atoms. The normalized spacial score (nSPS) is 12.5. The highest BCUT2D eigenvalue weighted by molar-refractivity contribution is 6.30. The Balaban J connectivity index is 1.88. The molecule has 1 amide bonds. The van der Waals surface area contributed by atoms with Crippen LogP contribution in [0.25, 0.3) is 11.2 Å². The van der Waals surface area contributed by atoms with Crippen molar-refractivity contribution in [2.75, 3.05) is 0 Å². The molecule has 0 aliphatic carbocycles. The molecule has 1 aromatic carbocycles. The summed E-state index contributed by atoms with van der Waals surface area (Å²) >= 11 is 5.99. The molecule has 0 aliphatic rings. The monoisotopic (exact) mass is 431 g/mol. The number of imidazole rings is 1. The first-order valence-electron chi connectivity index (χ1n) is 9.84. The van der Waals surface area contributed by atoms with Gasteiger partial charge in [-0.2, -0.15) is 0 Å². The SMILES string of the molecule is CC(C)CC[C@@H](NC(=O)Cn1c(=O)c2c(ncn2C)n(C)c1=O)c1ccc(Cl)cc1. The number of amides is 1. The van der Waals surface area contributed by atoms with Gasteiger partial charge in [-0.15, -0.1) is 0 Å². The van der Waals surface area contributed by atoms with Crippen LogP contribution in [0.4, 0.5) is 0 Å². The Labute approximate surface area is 179 Å². The van der Waals surface area contributed by atoms with Crippen LogP contribution in [0.15, 0.2) is 40.2 Å². The maximum atomic E-state index is 12.8. The van der Waals surface area contributed by atoms with Crippen molar-refractivity contribution < 1.29 is 4.79 Å². The minimum atomic E-state index is -0.577. The number of rotatable bonds is 7. The van der Waals surface area contributed by atoms with E-state index >= 15 is 0 Å². The first-order valence-corrected chi connectivity index (χ1v) is 10.2. The van der Waals surface area contributed by atoms with Crippen LogP contribution >= 0.6 is 11.6 Å². The average Bonchev–Trinajstić information content (AvgIpc) is 3.09. The van der Waals surface area contributed by atoms with Crippen LogP contribution in [0.1, 0.15) is 38.3 Å². The van der Waals surface area contributed by atoms with Gasteiger partial charge in [-0.05, 0) is 36.5 Å². The number of nitrogens with one attached hydrogen (secondary N) is 1. The molecule has 8 nitrogen and oxygen atoms in total. The summed E-state index contributed by atoms with van der Waals surface area (Å²) in [4.78, 5) is 42.4. The van der Waals surface area contributed by atoms with Crippen LogP contribution in [-0.4, -0.2) is 24.6 Å². The Hall–Kier alpha value is -2.87. The Morgan fingerprint density at radius 2 is 1.80 bits per heavy atom. The van der Waals surface area contributed by atoms with E-state index in [2.05, 4.69) is 24.1 Å². The highest BCUT2D eigenvalue weighted by Gasteiger charge is 2.20. The standard InChI is InChI=1S/C21H26ClN5O3/c1-13(2)5-10-16(14-6-8-15(22)9-7-14)24-17(28)11-27-20(29)18-19(23-12-25(18)3)26(4)21(27)30/h6-9,12-13,16H,5,10-11H2,1-4H3,(H,24,28)/t16-/m1/s1. The predicted molar refractivity (Wildman–Crippen MR) is 117 cm³/mol. The second-order valence-corrected chi connectivity index (χ2v) is 8.34. The van der Waals surface area contributed by atoms with E-state index in [4.69, 9.17) is 11.6 Å². The Bertz CT molecular complexity index is 1170. The van der Waals surface area contributed by atoms with Gasteiger partial charge in [0.1, 0.15) is 6.54 Å². The minimum Gasteiger partial charge on any atom is -0.348 e. The first-order chi connectivity index (χ1) is 14.2. The van der Waals surface area contributed by atoms with Crippen molar-refractivity contribution in [3.8, 4) is 0 Å². The van der Waals surface area contributed by atoms with Gasteiger partial charge in [0.2, 0.25) is 5.91 Å². The van der Waals surface area contributed by atoms with Crippen molar-refractivity contribution in [1.29, 1.82) is 0 Å². The maximum Gasteiger partial charge on any atom is 0.332 e. The zero-order valence-electron chi connectivity index (χ0n) is 17.6. The van der Waals surface area contributed by atoms with E-state index in [1.165, 1.54) is 17.9 Å². The Morgan fingerprint density at radius 1 is 1.13 bits per heavy atom. The van der Waals surface area contributed by atoms with Gasteiger partial charge in [-0.1, -0.05) is 37.6 Å². The van der Waals surface area contributed by atoms with E-state index in [-0.39, 0.29) is 18.1 Å². The summed E-state index contributed by atoms with van der Waals surface area (Å²) in [5, 5.41) is 3.59. The predicted octanol–water partition coefficient (Wildman–Crippen LogP) is 2.38. The number of aromatic nitrogens is 4. The number of nitrogens with zero attached hydrogens (tertiary/aromatic N) is 4. The molecule has 0 unspecified atom stereocenters. The third-order valence-corrected chi connectivity index (χ3v) is 5.39. The van der Waals surface area contributed by atoms with Crippen LogP contribution in [0.2, 0.25) is 5.02 Å². The van der Waals surface area contributed by atoms with Gasteiger partial charge in [0, 0.05) is 19.1 Å². The van der Waals surface area contributed by atoms with Crippen LogP contribution in [0.3, 0.4) is 0 Å². The molecule has 0 aliphatic heterocycles. The third kappa shape index (κ3) is 4.48. The number of hydrogen-bond acceptors (Lipinski definition) is 4. The number of hydrogen-bond donors (Lipinski definition) is 1. The number of aryl methyl sites for hydroxylation is 2. The van der Waals surface area contributed by atoms with Crippen molar-refractivity contribution in [3.63, 3.8) is 0 Å². The molecule has 9 heteroatoms. The highest BCUT2D eigenvalue weighted by Crippen LogP contribution is 2.22. The second-order valence-electron chi connectivity index (χ2n) is 7.90. The Morgan fingerprint density at radius 3 is 2.43 bits per heavy atom. The zero-order valence-corrected chi connectivity index (χ0v) is 18.3. The molecule has 1 N–H and O–H groups in total. The van der Waals surface area contributed by atoms with Crippen molar-refractivity contribution in [3.05, 3.63) is 62.0 Å². The summed E-state index contributed by atoms with van der Waals surface area (Å²) in [6.07, 6.45) is 3.12. The highest BCUT2D eigenvalue weighted by atomic mass is 35.5. The number of halogens is 1. The van der Waals surface area contributed by atoms with Gasteiger partial charge in [0.25, 0.3) is 5.56 Å². The summed E-state index contributed by atoms with van der Waals surface area (Å²) in [5.74, 6) is 0.0679. The minimum absolute atomic E-state index is 0.239. The maximum absolute atomic E-state index is 12.8. The van der Waals surface area contributed by atoms with Gasteiger partial charge < -0.3 is 9.88 Å². The largest absolute Gasteiger partial charge is 0.348 e. The van der Waals surface area contributed by atoms with Crippen LogP contribution in [0, 0.1) is 5.92 Å². The zero-order chi connectivity index (χ0) is 22.0. The summed E-state index contributed by atoms with van der Waals surface area (Å²) in [7, 11) is 3.21. The lowest BCUT2D eigenvalue weighted by Crippen LogP contribution is -2.44. The molecule has 2 heterocycles. The molecule has 0 saturated carbocycles. The lowest BCUT2D eigenvalue weighted by molar-refractivity contribution is -0.122. The van der Waals surface area contributed by atoms with Crippen molar-refractivity contribution >= 4 is 28.7 Å². The molecule has 0 fully saturated rings. The molecule has 2 aromatic heterocycles. The third-order valence-electron chi connectivity index (χ3n) is 5.14. The number of benzene rings is 1. The fourth-order valence-electron chi connectivity index (χ4n) is 3.44. The van der Waals surface area contributed by atoms with Gasteiger partial charge in [0.15, 0.2) is 11.2 Å². The molecule has 160 valence electrons. The summed E-state index contributed by atoms with van der Waals surface area (Å²) in [5.41, 5.74) is 0.384. The molecule has 1 atom stereocenters. The average molecular weight is 432 g/mol. The van der Waals surface area contributed by atoms with E-state index in [0.29, 0.717) is 16.6 Å². The summed E-state index contributed by atoms with van der Waals surface area (Å²) in [6, 6.07) is 7.07. The molecule has 0 bridgehead atoms. The fourth-order valence-corrected chi connectivity index (χ4v) is 3.56. The lowest BCUT2D eigenvalue weighted by Gasteiger charge is -2.21. The fraction of sp³-hybridized carbons (Fsp3) is 0.429. The Kier molecular flexibility index (Phi) is 6.45. The number of fused-ring (bicyclic) bond motifs is 1. The van der Waals surface area contributed by atoms with Crippen molar-refractivity contribution in [1.82, 2.24) is 24.0 Å². The molecule has 0 radical (unpaired) electrons. The van der Waals surface area contributed by atoms with Crippen molar-refractivity contribution in [2.45, 2.75) is 39.3 Å². The van der Waals surface area contributed by atoms with E-state index in [0.717, 1.165) is 23.0 Å². The van der Waals surface area contributed by atoms with Gasteiger partial charge in [0.05, 0.1) is 12.4 Å². The first kappa shape index (κ1) is 21.8. The second kappa shape index (κ2) is 8.87. The summed E-state index contributed by atoms with van der Waals surface area (Å²) < 4.78 is 3.77. The number of carbonyl (C=O) groups is 1. The van der Waals surface area contributed by atoms with Crippen LogP contribution < -0.4 is 16.6 Å². The van der Waals surface area contributed by atoms with Crippen LogP contribution in [0.5, 0.6) is 0 Å². The van der Waals surface area contributed by atoms with Crippen LogP contribution in [-0.2, 0) is 25.4 Å². The lowest BCUT2D eigenvalue weighted by atomic mass is 9.97. The van der Waals surface area contributed by atoms with Crippen molar-refractivity contribution in [2.24, 2.45) is 20.0 Å². The molecule has 30 heavy (non-hydrogen) atoms. The van der Waals surface area contributed by atoms with Gasteiger partial charge in [-0.3, -0.25) is 14.2 Å². The molecule has 3 rings (SSSR count). The smallest absolute Gasteiger partial charge is 0.332 e.